The van der Waals surface area contributed by atoms with Crippen LogP contribution in [0.3, 0.4) is 0 Å². The molecule has 0 radical (unpaired) electrons. The van der Waals surface area contributed by atoms with Crippen molar-refractivity contribution >= 4 is 33.7 Å². The highest BCUT2D eigenvalue weighted by atomic mass is 79.9. The minimum atomic E-state index is -0.467. The van der Waals surface area contributed by atoms with Gasteiger partial charge in [-0.15, -0.1) is 0 Å². The first-order valence-electron chi connectivity index (χ1n) is 6.56. The van der Waals surface area contributed by atoms with Crippen molar-refractivity contribution in [1.29, 1.82) is 0 Å². The van der Waals surface area contributed by atoms with Crippen LogP contribution in [-0.2, 0) is 0 Å². The molecule has 2 N–H and O–H groups in total. The van der Waals surface area contributed by atoms with Crippen molar-refractivity contribution in [2.24, 2.45) is 5.10 Å². The highest BCUT2D eigenvalue weighted by Crippen LogP contribution is 2.22. The maximum Gasteiger partial charge on any atom is 0.275 e. The molecule has 0 spiro atoms. The Morgan fingerprint density at radius 1 is 1.23 bits per heavy atom. The second kappa shape index (κ2) is 7.09. The van der Waals surface area contributed by atoms with E-state index in [2.05, 4.69) is 26.5 Å². The van der Waals surface area contributed by atoms with Crippen LogP contribution in [0.25, 0.3) is 0 Å². The van der Waals surface area contributed by atoms with E-state index in [1.807, 2.05) is 43.3 Å². The first kappa shape index (κ1) is 16.0. The summed E-state index contributed by atoms with van der Waals surface area (Å²) in [7, 11) is 3.93. The van der Waals surface area contributed by atoms with Gasteiger partial charge in [-0.3, -0.25) is 4.79 Å². The van der Waals surface area contributed by atoms with Crippen LogP contribution in [0.1, 0.15) is 15.9 Å². The number of hydrogen-bond donors (Lipinski definition) is 2. The first-order chi connectivity index (χ1) is 10.5. The number of halogens is 1. The Hall–Kier alpha value is -2.34. The van der Waals surface area contributed by atoms with E-state index in [1.165, 1.54) is 12.1 Å². The molecule has 1 amide bonds. The van der Waals surface area contributed by atoms with E-state index in [0.717, 1.165) is 11.3 Å². The summed E-state index contributed by atoms with van der Waals surface area (Å²) in [6.45, 7) is 0. The van der Waals surface area contributed by atoms with Gasteiger partial charge in [0.2, 0.25) is 0 Å². The fourth-order valence-electron chi connectivity index (χ4n) is 1.78. The highest BCUT2D eigenvalue weighted by Gasteiger charge is 2.10. The number of carbonyl (C=O) groups is 1. The molecule has 0 fully saturated rings. The van der Waals surface area contributed by atoms with Crippen LogP contribution < -0.4 is 10.3 Å². The number of hydrogen-bond acceptors (Lipinski definition) is 4. The van der Waals surface area contributed by atoms with Gasteiger partial charge in [-0.2, -0.15) is 5.10 Å². The summed E-state index contributed by atoms with van der Waals surface area (Å²) in [5, 5.41) is 13.6. The molecule has 0 aliphatic heterocycles. The molecule has 6 heteroatoms. The quantitative estimate of drug-likeness (QED) is 0.649. The maximum absolute atomic E-state index is 11.9. The normalized spacial score (nSPS) is 10.7. The molecule has 0 atom stereocenters. The largest absolute Gasteiger partial charge is 0.507 e. The van der Waals surface area contributed by atoms with E-state index in [0.29, 0.717) is 4.47 Å². The number of carbonyl (C=O) groups excluding carboxylic acids is 1. The second-order valence-corrected chi connectivity index (χ2v) is 5.76. The summed E-state index contributed by atoms with van der Waals surface area (Å²) in [6.07, 6.45) is 1.55. The van der Waals surface area contributed by atoms with Crippen molar-refractivity contribution in [2.45, 2.75) is 0 Å². The Labute approximate surface area is 137 Å². The van der Waals surface area contributed by atoms with E-state index in [1.54, 1.807) is 12.3 Å². The lowest BCUT2D eigenvalue weighted by atomic mass is 10.2. The zero-order chi connectivity index (χ0) is 16.1. The van der Waals surface area contributed by atoms with Gasteiger partial charge in [-0.1, -0.05) is 28.1 Å². The van der Waals surface area contributed by atoms with Gasteiger partial charge in [0.05, 0.1) is 11.8 Å². The average molecular weight is 362 g/mol. The van der Waals surface area contributed by atoms with Gasteiger partial charge < -0.3 is 10.0 Å². The number of rotatable bonds is 4. The SMILES string of the molecule is CN(C)c1ccc(/C=N/NC(=O)c2ccc(Br)cc2O)cc1. The number of aromatic hydroxyl groups is 1. The average Bonchev–Trinajstić information content (AvgIpc) is 2.47. The molecular weight excluding hydrogens is 346 g/mol. The molecule has 114 valence electrons. The van der Waals surface area contributed by atoms with Gasteiger partial charge in [-0.25, -0.2) is 5.43 Å². The molecule has 5 nitrogen and oxygen atoms in total. The van der Waals surface area contributed by atoms with E-state index in [9.17, 15) is 9.90 Å². The van der Waals surface area contributed by atoms with E-state index >= 15 is 0 Å². The third kappa shape index (κ3) is 4.08. The Morgan fingerprint density at radius 3 is 2.50 bits per heavy atom. The zero-order valence-electron chi connectivity index (χ0n) is 12.2. The van der Waals surface area contributed by atoms with Gasteiger partial charge in [0.1, 0.15) is 5.75 Å². The first-order valence-corrected chi connectivity index (χ1v) is 7.36. The summed E-state index contributed by atoms with van der Waals surface area (Å²) in [4.78, 5) is 13.9. The number of phenols is 1. The van der Waals surface area contributed by atoms with Crippen molar-refractivity contribution in [2.75, 3.05) is 19.0 Å². The van der Waals surface area contributed by atoms with Crippen LogP contribution >= 0.6 is 15.9 Å². The van der Waals surface area contributed by atoms with Crippen LogP contribution in [0.2, 0.25) is 0 Å². The number of anilines is 1. The van der Waals surface area contributed by atoms with E-state index in [-0.39, 0.29) is 11.3 Å². The van der Waals surface area contributed by atoms with E-state index in [4.69, 9.17) is 0 Å². The van der Waals surface area contributed by atoms with Crippen LogP contribution in [-0.4, -0.2) is 31.3 Å². The van der Waals surface area contributed by atoms with Gasteiger partial charge in [0, 0.05) is 24.3 Å². The molecule has 0 aliphatic carbocycles. The lowest BCUT2D eigenvalue weighted by Gasteiger charge is -2.11. The standard InChI is InChI=1S/C16H16BrN3O2/c1-20(2)13-6-3-11(4-7-13)10-18-19-16(22)14-8-5-12(17)9-15(14)21/h3-10,21H,1-2H3,(H,19,22)/b18-10+. The molecule has 0 aromatic heterocycles. The molecule has 0 unspecified atom stereocenters. The van der Waals surface area contributed by atoms with Crippen molar-refractivity contribution in [1.82, 2.24) is 5.43 Å². The Balaban J connectivity index is 2.01. The summed E-state index contributed by atoms with van der Waals surface area (Å²) in [5.41, 5.74) is 4.51. The zero-order valence-corrected chi connectivity index (χ0v) is 13.8. The van der Waals surface area contributed by atoms with Gasteiger partial charge in [0.15, 0.2) is 0 Å². The lowest BCUT2D eigenvalue weighted by molar-refractivity contribution is 0.0952. The molecule has 2 aromatic carbocycles. The van der Waals surface area contributed by atoms with Crippen LogP contribution in [0, 0.1) is 0 Å². The van der Waals surface area contributed by atoms with Crippen molar-refractivity contribution < 1.29 is 9.90 Å². The molecular formula is C16H16BrN3O2. The topological polar surface area (TPSA) is 64.9 Å². The number of hydrazone groups is 1. The minimum absolute atomic E-state index is 0.0996. The number of nitrogens with zero attached hydrogens (tertiary/aromatic N) is 2. The number of phenolic OH excluding ortho intramolecular Hbond substituents is 1. The second-order valence-electron chi connectivity index (χ2n) is 4.85. The highest BCUT2D eigenvalue weighted by molar-refractivity contribution is 9.10. The summed E-state index contributed by atoms with van der Waals surface area (Å²) >= 11 is 3.22. The van der Waals surface area contributed by atoms with Crippen molar-refractivity contribution in [3.8, 4) is 5.75 Å². The molecule has 0 saturated carbocycles. The number of benzene rings is 2. The summed E-state index contributed by atoms with van der Waals surface area (Å²) in [6, 6.07) is 12.4. The fourth-order valence-corrected chi connectivity index (χ4v) is 2.13. The molecule has 2 rings (SSSR count). The molecule has 0 bridgehead atoms. The smallest absolute Gasteiger partial charge is 0.275 e. The fraction of sp³-hybridized carbons (Fsp3) is 0.125. The molecule has 0 aliphatic rings. The van der Waals surface area contributed by atoms with Crippen LogP contribution in [0.15, 0.2) is 52.0 Å². The third-order valence-electron chi connectivity index (χ3n) is 2.99. The third-order valence-corrected chi connectivity index (χ3v) is 3.49. The predicted octanol–water partition coefficient (Wildman–Crippen LogP) is 2.98. The molecule has 22 heavy (non-hydrogen) atoms. The number of amides is 1. The van der Waals surface area contributed by atoms with Crippen LogP contribution in [0.4, 0.5) is 5.69 Å². The Bertz CT molecular complexity index is 697. The van der Waals surface area contributed by atoms with Crippen molar-refractivity contribution in [3.05, 3.63) is 58.1 Å². The minimum Gasteiger partial charge on any atom is -0.507 e. The van der Waals surface area contributed by atoms with Crippen molar-refractivity contribution in [3.63, 3.8) is 0 Å². The monoisotopic (exact) mass is 361 g/mol. The molecule has 2 aromatic rings. The lowest BCUT2D eigenvalue weighted by Crippen LogP contribution is -2.17. The van der Waals surface area contributed by atoms with E-state index < -0.39 is 5.91 Å². The molecule has 0 heterocycles. The maximum atomic E-state index is 11.9. The van der Waals surface area contributed by atoms with Gasteiger partial charge >= 0.3 is 0 Å². The summed E-state index contributed by atoms with van der Waals surface area (Å²) in [5.74, 6) is -0.566. The van der Waals surface area contributed by atoms with Gasteiger partial charge in [0.25, 0.3) is 5.91 Å². The molecule has 0 saturated heterocycles. The van der Waals surface area contributed by atoms with Gasteiger partial charge in [-0.05, 0) is 35.9 Å². The summed E-state index contributed by atoms with van der Waals surface area (Å²) < 4.78 is 0.700. The predicted molar refractivity (Wildman–Crippen MR) is 91.6 cm³/mol. The van der Waals surface area contributed by atoms with Crippen LogP contribution in [0.5, 0.6) is 5.75 Å². The Kier molecular flexibility index (Phi) is 5.16. The Morgan fingerprint density at radius 2 is 1.91 bits per heavy atom. The number of nitrogens with one attached hydrogen (secondary N) is 1.